The number of fused-ring (bicyclic) bond motifs is 1. The maximum absolute atomic E-state index is 9.53. The molecule has 0 unspecified atom stereocenters. The molecule has 22 heavy (non-hydrogen) atoms. The van der Waals surface area contributed by atoms with Crippen LogP contribution in [0.5, 0.6) is 0 Å². The van der Waals surface area contributed by atoms with E-state index in [0.29, 0.717) is 5.15 Å². The lowest BCUT2D eigenvalue weighted by Crippen LogP contribution is -2.32. The Morgan fingerprint density at radius 2 is 2.09 bits per heavy atom. The Morgan fingerprint density at radius 3 is 2.77 bits per heavy atom. The lowest BCUT2D eigenvalue weighted by Gasteiger charge is -2.35. The van der Waals surface area contributed by atoms with Crippen molar-refractivity contribution in [2.24, 2.45) is 0 Å². The van der Waals surface area contributed by atoms with E-state index >= 15 is 0 Å². The zero-order valence-electron chi connectivity index (χ0n) is 11.7. The summed E-state index contributed by atoms with van der Waals surface area (Å²) in [5.41, 5.74) is 2.43. The predicted molar refractivity (Wildman–Crippen MR) is 82.8 cm³/mol. The highest BCUT2D eigenvalue weighted by Gasteiger charge is 2.39. The molecule has 108 valence electrons. The van der Waals surface area contributed by atoms with E-state index in [2.05, 4.69) is 27.4 Å². The van der Waals surface area contributed by atoms with Crippen LogP contribution in [0, 0.1) is 11.3 Å². The largest absolute Gasteiger partial charge is 0.231 e. The van der Waals surface area contributed by atoms with Crippen LogP contribution in [-0.2, 0) is 5.41 Å². The molecule has 0 spiro atoms. The van der Waals surface area contributed by atoms with E-state index in [-0.39, 0.29) is 5.41 Å². The fourth-order valence-electron chi connectivity index (χ4n) is 2.96. The molecule has 2 heterocycles. The quantitative estimate of drug-likeness (QED) is 0.727. The van der Waals surface area contributed by atoms with E-state index in [1.54, 1.807) is 23.1 Å². The Balaban J connectivity index is 1.89. The van der Waals surface area contributed by atoms with Crippen LogP contribution in [0.4, 0.5) is 0 Å². The van der Waals surface area contributed by atoms with E-state index in [4.69, 9.17) is 11.6 Å². The van der Waals surface area contributed by atoms with Gasteiger partial charge in [-0.25, -0.2) is 4.68 Å². The van der Waals surface area contributed by atoms with Gasteiger partial charge in [0.1, 0.15) is 0 Å². The fourth-order valence-corrected chi connectivity index (χ4v) is 3.12. The summed E-state index contributed by atoms with van der Waals surface area (Å²) in [7, 11) is 0. The molecule has 0 atom stereocenters. The molecule has 5 nitrogen and oxygen atoms in total. The van der Waals surface area contributed by atoms with Crippen molar-refractivity contribution in [3.05, 3.63) is 47.4 Å². The number of nitriles is 1. The number of halogens is 1. The third kappa shape index (κ3) is 1.88. The highest BCUT2D eigenvalue weighted by atomic mass is 35.5. The van der Waals surface area contributed by atoms with E-state index < -0.39 is 0 Å². The van der Waals surface area contributed by atoms with Gasteiger partial charge in [0.2, 0.25) is 0 Å². The second kappa shape index (κ2) is 4.79. The topological polar surface area (TPSA) is 67.4 Å². The highest BCUT2D eigenvalue weighted by molar-refractivity contribution is 6.29. The first-order valence-corrected chi connectivity index (χ1v) is 7.48. The minimum atomic E-state index is -0.336. The molecule has 4 rings (SSSR count). The van der Waals surface area contributed by atoms with Gasteiger partial charge in [0, 0.05) is 11.5 Å². The van der Waals surface area contributed by atoms with Crippen LogP contribution in [0.2, 0.25) is 5.15 Å². The molecule has 3 aromatic rings. The summed E-state index contributed by atoms with van der Waals surface area (Å²) in [6.45, 7) is 0. The van der Waals surface area contributed by atoms with Gasteiger partial charge in [-0.2, -0.15) is 15.5 Å². The van der Waals surface area contributed by atoms with Gasteiger partial charge in [0.25, 0.3) is 0 Å². The summed E-state index contributed by atoms with van der Waals surface area (Å²) in [4.78, 5) is 0. The van der Waals surface area contributed by atoms with Gasteiger partial charge in [0.05, 0.1) is 35.1 Å². The number of hydrogen-bond donors (Lipinski definition) is 0. The van der Waals surface area contributed by atoms with Crippen LogP contribution in [0.15, 0.2) is 36.7 Å². The lowest BCUT2D eigenvalue weighted by molar-refractivity contribution is 0.324. The number of benzene rings is 1. The minimum absolute atomic E-state index is 0.324. The molecule has 0 aliphatic heterocycles. The summed E-state index contributed by atoms with van der Waals surface area (Å²) >= 11 is 5.91. The monoisotopic (exact) mass is 309 g/mol. The van der Waals surface area contributed by atoms with Crippen molar-refractivity contribution in [3.63, 3.8) is 0 Å². The van der Waals surface area contributed by atoms with Crippen LogP contribution in [0.25, 0.3) is 16.6 Å². The fraction of sp³-hybridized carbons (Fsp3) is 0.250. The minimum Gasteiger partial charge on any atom is -0.231 e. The Kier molecular flexibility index (Phi) is 2.88. The molecule has 0 radical (unpaired) electrons. The molecule has 0 N–H and O–H groups in total. The van der Waals surface area contributed by atoms with Gasteiger partial charge in [0.15, 0.2) is 5.15 Å². The molecule has 1 aromatic carbocycles. The van der Waals surface area contributed by atoms with E-state index in [9.17, 15) is 5.26 Å². The molecule has 6 heteroatoms. The van der Waals surface area contributed by atoms with Crippen molar-refractivity contribution in [2.75, 3.05) is 0 Å². The Hall–Kier alpha value is -2.45. The average Bonchev–Trinajstić information content (AvgIpc) is 2.90. The number of rotatable bonds is 2. The molecule has 0 bridgehead atoms. The molecule has 0 amide bonds. The lowest BCUT2D eigenvalue weighted by atomic mass is 9.65. The van der Waals surface area contributed by atoms with Crippen molar-refractivity contribution < 1.29 is 0 Å². The summed E-state index contributed by atoms with van der Waals surface area (Å²) in [6, 6.07) is 10.3. The maximum atomic E-state index is 9.53. The van der Waals surface area contributed by atoms with Crippen molar-refractivity contribution in [1.82, 2.24) is 20.0 Å². The first kappa shape index (κ1) is 13.2. The van der Waals surface area contributed by atoms with Gasteiger partial charge < -0.3 is 0 Å². The van der Waals surface area contributed by atoms with E-state index in [1.165, 1.54) is 0 Å². The highest BCUT2D eigenvalue weighted by Crippen LogP contribution is 2.43. The molecule has 1 aliphatic carbocycles. The molecular weight excluding hydrogens is 298 g/mol. The van der Waals surface area contributed by atoms with Crippen molar-refractivity contribution in [3.8, 4) is 11.8 Å². The number of hydrogen-bond acceptors (Lipinski definition) is 4. The number of aromatic nitrogens is 4. The Morgan fingerprint density at radius 1 is 1.23 bits per heavy atom. The zero-order valence-corrected chi connectivity index (χ0v) is 12.5. The molecule has 0 saturated heterocycles. The van der Waals surface area contributed by atoms with Gasteiger partial charge >= 0.3 is 0 Å². The summed E-state index contributed by atoms with van der Waals surface area (Å²) in [6.07, 6.45) is 6.37. The Labute approximate surface area is 132 Å². The molecular formula is C16H12ClN5. The SMILES string of the molecule is N#CC1(c2ccc3cnn(-c4cnnc(Cl)c4)c3c2)CCC1. The molecule has 1 aliphatic rings. The third-order valence-electron chi connectivity index (χ3n) is 4.40. The standard InChI is InChI=1S/C16H12ClN5/c17-15-7-13(9-19-21-15)22-14-6-12(3-2-11(14)8-20-22)16(10-18)4-1-5-16/h2-3,6-9H,1,4-5H2. The summed E-state index contributed by atoms with van der Waals surface area (Å²) < 4.78 is 1.78. The normalized spacial score (nSPS) is 16.2. The smallest absolute Gasteiger partial charge is 0.153 e. The Bertz CT molecular complexity index is 904. The van der Waals surface area contributed by atoms with Crippen LogP contribution in [-0.4, -0.2) is 20.0 Å². The van der Waals surface area contributed by atoms with Crippen LogP contribution in [0.1, 0.15) is 24.8 Å². The summed E-state index contributed by atoms with van der Waals surface area (Å²) in [5, 5.41) is 22.9. The van der Waals surface area contributed by atoms with Gasteiger partial charge in [-0.1, -0.05) is 23.7 Å². The van der Waals surface area contributed by atoms with Gasteiger partial charge in [-0.15, -0.1) is 5.10 Å². The predicted octanol–water partition coefficient (Wildman–Crippen LogP) is 3.41. The van der Waals surface area contributed by atoms with Gasteiger partial charge in [-0.05, 0) is 30.9 Å². The van der Waals surface area contributed by atoms with Crippen molar-refractivity contribution in [1.29, 1.82) is 5.26 Å². The third-order valence-corrected chi connectivity index (χ3v) is 4.58. The van der Waals surface area contributed by atoms with Crippen molar-refractivity contribution in [2.45, 2.75) is 24.7 Å². The molecule has 2 aromatic heterocycles. The maximum Gasteiger partial charge on any atom is 0.153 e. The van der Waals surface area contributed by atoms with Crippen LogP contribution < -0.4 is 0 Å². The second-order valence-corrected chi connectivity index (χ2v) is 6.00. The summed E-state index contributed by atoms with van der Waals surface area (Å²) in [5.74, 6) is 0. The first-order valence-electron chi connectivity index (χ1n) is 7.10. The van der Waals surface area contributed by atoms with Gasteiger partial charge in [-0.3, -0.25) is 0 Å². The van der Waals surface area contributed by atoms with E-state index in [0.717, 1.165) is 41.4 Å². The number of nitrogens with zero attached hydrogens (tertiary/aromatic N) is 5. The van der Waals surface area contributed by atoms with Crippen LogP contribution >= 0.6 is 11.6 Å². The molecule has 1 saturated carbocycles. The molecule has 1 fully saturated rings. The average molecular weight is 310 g/mol. The van der Waals surface area contributed by atoms with E-state index in [1.807, 2.05) is 12.1 Å². The second-order valence-electron chi connectivity index (χ2n) is 5.61. The van der Waals surface area contributed by atoms with Crippen molar-refractivity contribution >= 4 is 22.5 Å². The first-order chi connectivity index (χ1) is 10.7. The van der Waals surface area contributed by atoms with Crippen LogP contribution in [0.3, 0.4) is 0 Å². The zero-order chi connectivity index (χ0) is 15.2.